The lowest BCUT2D eigenvalue weighted by Crippen LogP contribution is -2.43. The molecule has 4 unspecified atom stereocenters. The van der Waals surface area contributed by atoms with Gasteiger partial charge in [-0.15, -0.1) is 24.0 Å². The van der Waals surface area contributed by atoms with Gasteiger partial charge in [0.1, 0.15) is 0 Å². The molecule has 4 atom stereocenters. The molecule has 8 nitrogen and oxygen atoms in total. The van der Waals surface area contributed by atoms with Crippen LogP contribution in [0.15, 0.2) is 47.5 Å². The van der Waals surface area contributed by atoms with Gasteiger partial charge in [-0.25, -0.2) is 4.68 Å². The van der Waals surface area contributed by atoms with Gasteiger partial charge in [0.15, 0.2) is 5.96 Å². The molecule has 2 aromatic rings. The molecule has 180 valence electrons. The van der Waals surface area contributed by atoms with Crippen molar-refractivity contribution in [2.24, 2.45) is 28.7 Å². The van der Waals surface area contributed by atoms with Crippen molar-refractivity contribution in [3.8, 4) is 5.69 Å². The number of hydrogen-bond acceptors (Lipinski definition) is 4. The van der Waals surface area contributed by atoms with E-state index in [4.69, 9.17) is 0 Å². The number of carbonyl (C=O) groups excluding carboxylic acids is 2. The van der Waals surface area contributed by atoms with Crippen LogP contribution in [0.4, 0.5) is 0 Å². The molecule has 34 heavy (non-hydrogen) atoms. The number of halogens is 1. The van der Waals surface area contributed by atoms with Gasteiger partial charge in [-0.05, 0) is 49.8 Å². The highest BCUT2D eigenvalue weighted by Crippen LogP contribution is 2.52. The largest absolute Gasteiger partial charge is 0.355 e. The van der Waals surface area contributed by atoms with Crippen LogP contribution < -0.4 is 10.6 Å². The van der Waals surface area contributed by atoms with E-state index in [1.54, 1.807) is 7.05 Å². The molecular weight excluding hydrogens is 543 g/mol. The number of benzene rings is 1. The fourth-order valence-corrected chi connectivity index (χ4v) is 5.61. The molecule has 0 radical (unpaired) electrons. The average molecular weight is 574 g/mol. The number of carbonyl (C=O) groups is 2. The van der Waals surface area contributed by atoms with Gasteiger partial charge in [0, 0.05) is 32.4 Å². The number of nitrogens with zero attached hydrogens (tertiary/aromatic N) is 4. The number of aliphatic imine (C=N–C) groups is 1. The number of hydrogen-bond donors (Lipinski definition) is 2. The Kier molecular flexibility index (Phi) is 7.11. The molecule has 0 spiro atoms. The predicted octanol–water partition coefficient (Wildman–Crippen LogP) is 2.58. The maximum Gasteiger partial charge on any atom is 0.233 e. The second kappa shape index (κ2) is 9.89. The van der Waals surface area contributed by atoms with E-state index < -0.39 is 0 Å². The summed E-state index contributed by atoms with van der Waals surface area (Å²) in [5, 5.41) is 11.2. The summed E-state index contributed by atoms with van der Waals surface area (Å²) in [6.45, 7) is 5.41. The van der Waals surface area contributed by atoms with Gasteiger partial charge in [0.05, 0.1) is 23.2 Å². The van der Waals surface area contributed by atoms with Crippen molar-refractivity contribution in [2.45, 2.75) is 26.8 Å². The molecule has 2 heterocycles. The van der Waals surface area contributed by atoms with E-state index in [1.165, 1.54) is 4.90 Å². The van der Waals surface area contributed by atoms with Crippen LogP contribution >= 0.6 is 24.0 Å². The van der Waals surface area contributed by atoms with Crippen molar-refractivity contribution in [2.75, 3.05) is 20.1 Å². The van der Waals surface area contributed by atoms with Crippen LogP contribution in [0, 0.1) is 37.5 Å². The fraction of sp³-hybridized carbons (Fsp3) is 0.440. The van der Waals surface area contributed by atoms with E-state index in [-0.39, 0.29) is 59.5 Å². The number of aromatic nitrogens is 2. The third-order valence-electron chi connectivity index (χ3n) is 7.09. The highest BCUT2D eigenvalue weighted by Gasteiger charge is 2.58. The van der Waals surface area contributed by atoms with Crippen LogP contribution in [0.3, 0.4) is 0 Å². The lowest BCUT2D eigenvalue weighted by Gasteiger charge is -2.19. The summed E-state index contributed by atoms with van der Waals surface area (Å²) in [5.41, 5.74) is 4.17. The lowest BCUT2D eigenvalue weighted by molar-refractivity contribution is -0.140. The Balaban J connectivity index is 0.00000274. The summed E-state index contributed by atoms with van der Waals surface area (Å²) in [4.78, 5) is 31.4. The first kappa shape index (κ1) is 24.4. The zero-order valence-electron chi connectivity index (χ0n) is 19.7. The SMILES string of the molecule is CN=C(NCCN1C(=O)C2C3C=CC(C3)C2C1=O)NCc1ccccc1-n1nc(C)cc1C.I. The topological polar surface area (TPSA) is 91.6 Å². The highest BCUT2D eigenvalue weighted by molar-refractivity contribution is 14.0. The Hall–Kier alpha value is -2.69. The standard InChI is InChI=1S/C25H30N6O2.HI/c1-15-12-16(2)31(29-15)20-7-5-4-6-19(20)14-28-25(26-3)27-10-11-30-23(32)21-17-8-9-18(13-17)22(21)24(30)33;/h4-9,12,17-18,21-22H,10-11,13-14H2,1-3H3,(H2,26,27,28);1H. The van der Waals surface area contributed by atoms with Crippen LogP contribution in [0.5, 0.6) is 0 Å². The predicted molar refractivity (Wildman–Crippen MR) is 141 cm³/mol. The molecule has 2 amide bonds. The van der Waals surface area contributed by atoms with Crippen molar-refractivity contribution in [3.05, 3.63) is 59.4 Å². The zero-order valence-corrected chi connectivity index (χ0v) is 22.0. The minimum atomic E-state index is -0.143. The van der Waals surface area contributed by atoms with Gasteiger partial charge < -0.3 is 10.6 Å². The second-order valence-corrected chi connectivity index (χ2v) is 9.15. The number of rotatable bonds is 6. The van der Waals surface area contributed by atoms with Crippen molar-refractivity contribution in [1.82, 2.24) is 25.3 Å². The van der Waals surface area contributed by atoms with Crippen LogP contribution in [-0.2, 0) is 16.1 Å². The Bertz CT molecular complexity index is 1130. The van der Waals surface area contributed by atoms with Gasteiger partial charge in [0.2, 0.25) is 11.8 Å². The molecule has 1 saturated heterocycles. The zero-order chi connectivity index (χ0) is 23.1. The summed E-state index contributed by atoms with van der Waals surface area (Å²) >= 11 is 0. The first-order chi connectivity index (χ1) is 16.0. The third-order valence-corrected chi connectivity index (χ3v) is 7.09. The number of likely N-dealkylation sites (tertiary alicyclic amines) is 1. The molecule has 3 aliphatic rings. The van der Waals surface area contributed by atoms with Gasteiger partial charge in [-0.3, -0.25) is 19.5 Å². The lowest BCUT2D eigenvalue weighted by atomic mass is 9.85. The summed E-state index contributed by atoms with van der Waals surface area (Å²) in [6.07, 6.45) is 5.19. The second-order valence-electron chi connectivity index (χ2n) is 9.15. The molecule has 2 N–H and O–H groups in total. The highest BCUT2D eigenvalue weighted by atomic mass is 127. The van der Waals surface area contributed by atoms with Crippen LogP contribution in [0.2, 0.25) is 0 Å². The van der Waals surface area contributed by atoms with Crippen LogP contribution in [0.1, 0.15) is 23.4 Å². The number of nitrogens with one attached hydrogen (secondary N) is 2. The van der Waals surface area contributed by atoms with E-state index in [9.17, 15) is 9.59 Å². The number of fused-ring (bicyclic) bond motifs is 5. The van der Waals surface area contributed by atoms with Crippen LogP contribution in [0.25, 0.3) is 5.69 Å². The van der Waals surface area contributed by atoms with E-state index in [0.717, 1.165) is 29.1 Å². The molecule has 2 fully saturated rings. The fourth-order valence-electron chi connectivity index (χ4n) is 5.61. The number of allylic oxidation sites excluding steroid dienone is 2. The van der Waals surface area contributed by atoms with Crippen molar-refractivity contribution < 1.29 is 9.59 Å². The Morgan fingerprint density at radius 2 is 1.76 bits per heavy atom. The molecule has 2 bridgehead atoms. The molecule has 1 aromatic heterocycles. The number of amides is 2. The first-order valence-corrected chi connectivity index (χ1v) is 11.6. The molecule has 1 aliphatic heterocycles. The van der Waals surface area contributed by atoms with Crippen molar-refractivity contribution in [3.63, 3.8) is 0 Å². The number of imide groups is 1. The number of para-hydroxylation sites is 1. The Morgan fingerprint density at radius 1 is 1.09 bits per heavy atom. The van der Waals surface area contributed by atoms with Crippen molar-refractivity contribution in [1.29, 1.82) is 0 Å². The molecule has 5 rings (SSSR count). The quantitative estimate of drug-likeness (QED) is 0.182. The maximum absolute atomic E-state index is 12.8. The minimum Gasteiger partial charge on any atom is -0.355 e. The summed E-state index contributed by atoms with van der Waals surface area (Å²) in [5.74, 6) is 0.805. The monoisotopic (exact) mass is 574 g/mol. The first-order valence-electron chi connectivity index (χ1n) is 11.6. The smallest absolute Gasteiger partial charge is 0.233 e. The van der Waals surface area contributed by atoms with E-state index in [1.807, 2.05) is 30.7 Å². The van der Waals surface area contributed by atoms with Crippen molar-refractivity contribution >= 4 is 41.8 Å². The van der Waals surface area contributed by atoms with Gasteiger partial charge in [-0.2, -0.15) is 5.10 Å². The van der Waals surface area contributed by atoms with E-state index in [0.29, 0.717) is 25.6 Å². The Morgan fingerprint density at radius 3 is 2.38 bits per heavy atom. The summed E-state index contributed by atoms with van der Waals surface area (Å²) in [6, 6.07) is 10.2. The average Bonchev–Trinajstić information content (AvgIpc) is 3.56. The summed E-state index contributed by atoms with van der Waals surface area (Å²) in [7, 11) is 1.71. The molecule has 1 saturated carbocycles. The van der Waals surface area contributed by atoms with Gasteiger partial charge >= 0.3 is 0 Å². The maximum atomic E-state index is 12.8. The van der Waals surface area contributed by atoms with E-state index in [2.05, 4.69) is 51.1 Å². The molecule has 2 aliphatic carbocycles. The van der Waals surface area contributed by atoms with E-state index >= 15 is 0 Å². The third kappa shape index (κ3) is 4.25. The molecule has 9 heteroatoms. The minimum absolute atomic E-state index is 0. The van der Waals surface area contributed by atoms with Gasteiger partial charge in [-0.1, -0.05) is 30.4 Å². The Labute approximate surface area is 216 Å². The summed E-state index contributed by atoms with van der Waals surface area (Å²) < 4.78 is 1.95. The molecular formula is C25H31IN6O2. The molecule has 1 aromatic carbocycles. The van der Waals surface area contributed by atoms with Crippen LogP contribution in [-0.4, -0.2) is 52.6 Å². The number of aryl methyl sites for hydroxylation is 2. The van der Waals surface area contributed by atoms with Gasteiger partial charge in [0.25, 0.3) is 0 Å². The normalized spacial score (nSPS) is 25.0. The number of guanidine groups is 1.